The number of benzene rings is 1. The highest BCUT2D eigenvalue weighted by Crippen LogP contribution is 2.20. The Labute approximate surface area is 137 Å². The van der Waals surface area contributed by atoms with Crippen molar-refractivity contribution in [3.63, 3.8) is 0 Å². The minimum atomic E-state index is -3.65. The molecule has 7 heteroatoms. The first-order valence-electron chi connectivity index (χ1n) is 7.85. The SMILES string of the molecule is CN(CC(=O)N1CCC[C@H](CCO)C1)S(=O)(=O)c1ccccc1. The number of piperidine rings is 1. The van der Waals surface area contributed by atoms with Gasteiger partial charge in [-0.2, -0.15) is 4.31 Å². The largest absolute Gasteiger partial charge is 0.396 e. The van der Waals surface area contributed by atoms with E-state index in [1.807, 2.05) is 0 Å². The molecule has 1 saturated heterocycles. The number of hydrogen-bond acceptors (Lipinski definition) is 4. The van der Waals surface area contributed by atoms with E-state index in [0.717, 1.165) is 17.1 Å². The number of amides is 1. The van der Waals surface area contributed by atoms with Crippen molar-refractivity contribution in [3.8, 4) is 0 Å². The summed E-state index contributed by atoms with van der Waals surface area (Å²) in [6, 6.07) is 8.11. The van der Waals surface area contributed by atoms with E-state index in [-0.39, 0.29) is 24.0 Å². The van der Waals surface area contributed by atoms with E-state index in [1.54, 1.807) is 23.1 Å². The van der Waals surface area contributed by atoms with E-state index < -0.39 is 10.0 Å². The monoisotopic (exact) mass is 340 g/mol. The van der Waals surface area contributed by atoms with Gasteiger partial charge in [-0.1, -0.05) is 18.2 Å². The van der Waals surface area contributed by atoms with Crippen LogP contribution >= 0.6 is 0 Å². The average Bonchev–Trinajstić information content (AvgIpc) is 2.56. The van der Waals surface area contributed by atoms with E-state index in [2.05, 4.69) is 0 Å². The van der Waals surface area contributed by atoms with Gasteiger partial charge >= 0.3 is 0 Å². The summed E-state index contributed by atoms with van der Waals surface area (Å²) in [4.78, 5) is 14.3. The Balaban J connectivity index is 1.99. The molecule has 1 amide bonds. The van der Waals surface area contributed by atoms with Gasteiger partial charge in [0.1, 0.15) is 0 Å². The second kappa shape index (κ2) is 7.90. The number of nitrogens with zero attached hydrogens (tertiary/aromatic N) is 2. The van der Waals surface area contributed by atoms with E-state index in [1.165, 1.54) is 19.2 Å². The third kappa shape index (κ3) is 4.53. The standard InChI is InChI=1S/C16H24N2O4S/c1-17(23(21,22)15-7-3-2-4-8-15)13-16(20)18-10-5-6-14(12-18)9-11-19/h2-4,7-8,14,19H,5-6,9-13H2,1H3/t14-/m1/s1. The number of aliphatic hydroxyl groups is 1. The van der Waals surface area contributed by atoms with Crippen LogP contribution in [-0.4, -0.2) is 61.9 Å². The van der Waals surface area contributed by atoms with E-state index in [9.17, 15) is 13.2 Å². The molecule has 1 aromatic carbocycles. The molecule has 0 aromatic heterocycles. The lowest BCUT2D eigenvalue weighted by atomic mass is 9.95. The van der Waals surface area contributed by atoms with Crippen LogP contribution in [-0.2, 0) is 14.8 Å². The van der Waals surface area contributed by atoms with Gasteiger partial charge in [0.05, 0.1) is 11.4 Å². The summed E-state index contributed by atoms with van der Waals surface area (Å²) in [5.41, 5.74) is 0. The van der Waals surface area contributed by atoms with Crippen molar-refractivity contribution in [2.75, 3.05) is 33.3 Å². The smallest absolute Gasteiger partial charge is 0.243 e. The molecule has 6 nitrogen and oxygen atoms in total. The first kappa shape index (κ1) is 17.9. The van der Waals surface area contributed by atoms with Gasteiger partial charge in [0.15, 0.2) is 0 Å². The predicted octanol–water partition coefficient (Wildman–Crippen LogP) is 0.928. The van der Waals surface area contributed by atoms with E-state index in [0.29, 0.717) is 25.4 Å². The molecule has 23 heavy (non-hydrogen) atoms. The van der Waals surface area contributed by atoms with Crippen LogP contribution in [0, 0.1) is 5.92 Å². The molecule has 1 fully saturated rings. The molecule has 1 N–H and O–H groups in total. The number of likely N-dealkylation sites (tertiary alicyclic amines) is 1. The number of rotatable bonds is 6. The molecule has 0 aliphatic carbocycles. The van der Waals surface area contributed by atoms with Gasteiger partial charge in [-0.25, -0.2) is 8.42 Å². The molecular weight excluding hydrogens is 316 g/mol. The highest BCUT2D eigenvalue weighted by Gasteiger charge is 2.27. The summed E-state index contributed by atoms with van der Waals surface area (Å²) in [5, 5.41) is 9.03. The molecule has 0 saturated carbocycles. The minimum absolute atomic E-state index is 0.120. The van der Waals surface area contributed by atoms with Crippen LogP contribution in [0.1, 0.15) is 19.3 Å². The van der Waals surface area contributed by atoms with Crippen molar-refractivity contribution in [1.29, 1.82) is 0 Å². The molecule has 2 rings (SSSR count). The van der Waals surface area contributed by atoms with Crippen molar-refractivity contribution in [3.05, 3.63) is 30.3 Å². The minimum Gasteiger partial charge on any atom is -0.396 e. The summed E-state index contributed by atoms with van der Waals surface area (Å²) in [6.45, 7) is 1.21. The fourth-order valence-electron chi connectivity index (χ4n) is 2.86. The second-order valence-corrected chi connectivity index (χ2v) is 7.98. The van der Waals surface area contributed by atoms with Gasteiger partial charge < -0.3 is 10.0 Å². The van der Waals surface area contributed by atoms with Crippen molar-refractivity contribution in [1.82, 2.24) is 9.21 Å². The maximum absolute atomic E-state index is 12.4. The molecular formula is C16H24N2O4S. The fraction of sp³-hybridized carbons (Fsp3) is 0.562. The summed E-state index contributed by atoms with van der Waals surface area (Å²) >= 11 is 0. The Morgan fingerprint density at radius 1 is 1.35 bits per heavy atom. The number of sulfonamides is 1. The molecule has 128 valence electrons. The van der Waals surface area contributed by atoms with Crippen molar-refractivity contribution in [2.24, 2.45) is 5.92 Å². The van der Waals surface area contributed by atoms with Crippen LogP contribution in [0.25, 0.3) is 0 Å². The highest BCUT2D eigenvalue weighted by atomic mass is 32.2. The van der Waals surface area contributed by atoms with Crippen LogP contribution in [0.5, 0.6) is 0 Å². The molecule has 0 radical (unpaired) electrons. The molecule has 1 atom stereocenters. The van der Waals surface area contributed by atoms with Crippen molar-refractivity contribution in [2.45, 2.75) is 24.2 Å². The van der Waals surface area contributed by atoms with Crippen LogP contribution in [0.2, 0.25) is 0 Å². The van der Waals surface area contributed by atoms with Crippen LogP contribution < -0.4 is 0 Å². The maximum Gasteiger partial charge on any atom is 0.243 e. The van der Waals surface area contributed by atoms with Crippen LogP contribution in [0.3, 0.4) is 0 Å². The van der Waals surface area contributed by atoms with Crippen molar-refractivity contribution >= 4 is 15.9 Å². The first-order chi connectivity index (χ1) is 10.9. The lowest BCUT2D eigenvalue weighted by molar-refractivity contribution is -0.133. The fourth-order valence-corrected chi connectivity index (χ4v) is 4.00. The Hall–Kier alpha value is -1.44. The molecule has 1 aliphatic rings. The van der Waals surface area contributed by atoms with Crippen LogP contribution in [0.4, 0.5) is 0 Å². The second-order valence-electron chi connectivity index (χ2n) is 5.93. The highest BCUT2D eigenvalue weighted by molar-refractivity contribution is 7.89. The quantitative estimate of drug-likeness (QED) is 0.836. The zero-order chi connectivity index (χ0) is 16.9. The van der Waals surface area contributed by atoms with Crippen molar-refractivity contribution < 1.29 is 18.3 Å². The number of aliphatic hydroxyl groups excluding tert-OH is 1. The number of hydrogen-bond donors (Lipinski definition) is 1. The van der Waals surface area contributed by atoms with Gasteiger partial charge in [-0.3, -0.25) is 4.79 Å². The predicted molar refractivity (Wildman–Crippen MR) is 87.3 cm³/mol. The first-order valence-corrected chi connectivity index (χ1v) is 9.29. The summed E-state index contributed by atoms with van der Waals surface area (Å²) in [5.74, 6) is 0.114. The molecule has 1 heterocycles. The van der Waals surface area contributed by atoms with Gasteiger partial charge in [0.25, 0.3) is 0 Å². The summed E-state index contributed by atoms with van der Waals surface area (Å²) in [7, 11) is -2.22. The Kier molecular flexibility index (Phi) is 6.15. The van der Waals surface area contributed by atoms with Gasteiger partial charge in [-0.15, -0.1) is 0 Å². The zero-order valence-corrected chi connectivity index (χ0v) is 14.2. The molecule has 1 aromatic rings. The van der Waals surface area contributed by atoms with Gasteiger partial charge in [-0.05, 0) is 37.3 Å². The third-order valence-corrected chi connectivity index (χ3v) is 6.04. The third-order valence-electron chi connectivity index (χ3n) is 4.22. The Morgan fingerprint density at radius 3 is 2.70 bits per heavy atom. The lowest BCUT2D eigenvalue weighted by Crippen LogP contribution is -2.45. The Morgan fingerprint density at radius 2 is 2.04 bits per heavy atom. The van der Waals surface area contributed by atoms with Gasteiger partial charge in [0, 0.05) is 26.7 Å². The topological polar surface area (TPSA) is 77.9 Å². The normalized spacial score (nSPS) is 19.1. The zero-order valence-electron chi connectivity index (χ0n) is 13.4. The number of carbonyl (C=O) groups is 1. The van der Waals surface area contributed by atoms with E-state index in [4.69, 9.17) is 5.11 Å². The molecule has 0 unspecified atom stereocenters. The molecule has 0 bridgehead atoms. The lowest BCUT2D eigenvalue weighted by Gasteiger charge is -2.33. The summed E-state index contributed by atoms with van der Waals surface area (Å²) in [6.07, 6.45) is 2.58. The van der Waals surface area contributed by atoms with Crippen LogP contribution in [0.15, 0.2) is 35.2 Å². The van der Waals surface area contributed by atoms with E-state index >= 15 is 0 Å². The molecule has 0 spiro atoms. The number of carbonyl (C=O) groups excluding carboxylic acids is 1. The Bertz CT molecular complexity index is 616. The number of likely N-dealkylation sites (N-methyl/N-ethyl adjacent to an activating group) is 1. The van der Waals surface area contributed by atoms with Gasteiger partial charge in [0.2, 0.25) is 15.9 Å². The maximum atomic E-state index is 12.4. The summed E-state index contributed by atoms with van der Waals surface area (Å²) < 4.78 is 26.0. The molecule has 1 aliphatic heterocycles. The average molecular weight is 340 g/mol.